The summed E-state index contributed by atoms with van der Waals surface area (Å²) in [6, 6.07) is 3.62. The molecule has 1 atom stereocenters. The molecule has 0 radical (unpaired) electrons. The molecule has 0 aliphatic rings. The number of sulfone groups is 1. The average Bonchev–Trinajstić information content (AvgIpc) is 2.18. The molecule has 1 aromatic carbocycles. The van der Waals surface area contributed by atoms with Crippen LogP contribution in [0.1, 0.15) is 18.5 Å². The second kappa shape index (κ2) is 5.46. The maximum atomic E-state index is 13.0. The number of hydrogen-bond acceptors (Lipinski definition) is 4. The number of halogens is 1. The van der Waals surface area contributed by atoms with E-state index in [1.165, 1.54) is 18.2 Å². The van der Waals surface area contributed by atoms with Gasteiger partial charge in [0.25, 0.3) is 0 Å². The predicted octanol–water partition coefficient (Wildman–Crippen LogP) is 1.27. The number of benzene rings is 1. The van der Waals surface area contributed by atoms with Gasteiger partial charge in [-0.3, -0.25) is 0 Å². The molecule has 0 spiro atoms. The first-order valence-corrected chi connectivity index (χ1v) is 7.21. The Bertz CT molecular complexity index is 485. The minimum Gasteiger partial charge on any atom is -0.492 e. The molecule has 0 aliphatic heterocycles. The largest absolute Gasteiger partial charge is 0.492 e. The van der Waals surface area contributed by atoms with Crippen molar-refractivity contribution >= 4 is 9.84 Å². The van der Waals surface area contributed by atoms with Gasteiger partial charge in [0, 0.05) is 17.9 Å². The summed E-state index contributed by atoms with van der Waals surface area (Å²) in [6.45, 7) is 1.74. The van der Waals surface area contributed by atoms with Crippen LogP contribution in [-0.2, 0) is 9.84 Å². The van der Waals surface area contributed by atoms with Crippen LogP contribution in [0.4, 0.5) is 4.39 Å². The number of nitrogens with two attached hydrogens (primary N) is 1. The van der Waals surface area contributed by atoms with Crippen LogP contribution in [0.5, 0.6) is 5.75 Å². The van der Waals surface area contributed by atoms with Gasteiger partial charge < -0.3 is 10.5 Å². The molecule has 0 aliphatic carbocycles. The van der Waals surface area contributed by atoms with Gasteiger partial charge in [-0.1, -0.05) is 0 Å². The van der Waals surface area contributed by atoms with E-state index in [1.807, 2.05) is 0 Å². The Morgan fingerprint density at radius 2 is 2.12 bits per heavy atom. The van der Waals surface area contributed by atoms with Crippen molar-refractivity contribution < 1.29 is 17.5 Å². The first kappa shape index (κ1) is 13.9. The molecule has 0 amide bonds. The van der Waals surface area contributed by atoms with Crippen molar-refractivity contribution in [2.45, 2.75) is 13.0 Å². The zero-order valence-electron chi connectivity index (χ0n) is 9.81. The van der Waals surface area contributed by atoms with Gasteiger partial charge >= 0.3 is 0 Å². The van der Waals surface area contributed by atoms with Crippen LogP contribution in [0.15, 0.2) is 18.2 Å². The van der Waals surface area contributed by atoms with Gasteiger partial charge in [-0.25, -0.2) is 12.8 Å². The van der Waals surface area contributed by atoms with Gasteiger partial charge in [0.15, 0.2) is 9.84 Å². The van der Waals surface area contributed by atoms with Gasteiger partial charge in [0.05, 0.1) is 5.75 Å². The van der Waals surface area contributed by atoms with E-state index in [1.54, 1.807) is 6.92 Å². The molecule has 0 fully saturated rings. The van der Waals surface area contributed by atoms with Gasteiger partial charge in [-0.2, -0.15) is 0 Å². The molecular weight excluding hydrogens is 245 g/mol. The summed E-state index contributed by atoms with van der Waals surface area (Å²) in [4.78, 5) is 0. The van der Waals surface area contributed by atoms with Gasteiger partial charge in [0.2, 0.25) is 0 Å². The van der Waals surface area contributed by atoms with E-state index in [2.05, 4.69) is 0 Å². The topological polar surface area (TPSA) is 69.4 Å². The van der Waals surface area contributed by atoms with Gasteiger partial charge in [0.1, 0.15) is 18.2 Å². The SMILES string of the molecule is C[C@H](N)c1cc(F)ccc1OCCS(C)(=O)=O. The quantitative estimate of drug-likeness (QED) is 0.866. The average molecular weight is 261 g/mol. The van der Waals surface area contributed by atoms with E-state index in [0.29, 0.717) is 11.3 Å². The fourth-order valence-corrected chi connectivity index (χ4v) is 1.70. The van der Waals surface area contributed by atoms with Crippen LogP contribution < -0.4 is 10.5 Å². The fraction of sp³-hybridized carbons (Fsp3) is 0.455. The molecule has 0 bridgehead atoms. The molecular formula is C11H16FNO3S. The van der Waals surface area contributed by atoms with E-state index in [4.69, 9.17) is 10.5 Å². The van der Waals surface area contributed by atoms with Crippen molar-refractivity contribution in [1.82, 2.24) is 0 Å². The lowest BCUT2D eigenvalue weighted by atomic mass is 10.1. The summed E-state index contributed by atoms with van der Waals surface area (Å²) in [5.74, 6) is -0.0548. The fourth-order valence-electron chi connectivity index (χ4n) is 1.31. The Morgan fingerprint density at radius 1 is 1.47 bits per heavy atom. The van der Waals surface area contributed by atoms with Crippen LogP contribution in [-0.4, -0.2) is 27.0 Å². The summed E-state index contributed by atoms with van der Waals surface area (Å²) in [5, 5.41) is 0. The first-order chi connectivity index (χ1) is 7.79. The molecule has 0 aromatic heterocycles. The van der Waals surface area contributed by atoms with Gasteiger partial charge in [-0.15, -0.1) is 0 Å². The molecule has 1 aromatic rings. The lowest BCUT2D eigenvalue weighted by molar-refractivity contribution is 0.335. The number of rotatable bonds is 5. The Hall–Kier alpha value is -1.14. The van der Waals surface area contributed by atoms with E-state index in [0.717, 1.165) is 6.26 Å². The normalized spacial score (nSPS) is 13.4. The molecule has 0 unspecified atom stereocenters. The third kappa shape index (κ3) is 4.70. The van der Waals surface area contributed by atoms with Crippen molar-refractivity contribution in [2.75, 3.05) is 18.6 Å². The number of ether oxygens (including phenoxy) is 1. The monoisotopic (exact) mass is 261 g/mol. The first-order valence-electron chi connectivity index (χ1n) is 5.15. The Morgan fingerprint density at radius 3 is 2.65 bits per heavy atom. The molecule has 0 saturated carbocycles. The molecule has 6 heteroatoms. The standard InChI is InChI=1S/C11H16FNO3S/c1-8(13)10-7-9(12)3-4-11(10)16-5-6-17(2,14)15/h3-4,7-8H,5-6,13H2,1-2H3/t8-/m0/s1. The molecule has 0 saturated heterocycles. The van der Waals surface area contributed by atoms with Crippen LogP contribution >= 0.6 is 0 Å². The Kier molecular flexibility index (Phi) is 4.47. The Balaban J connectivity index is 2.77. The highest BCUT2D eigenvalue weighted by Crippen LogP contribution is 2.24. The molecule has 17 heavy (non-hydrogen) atoms. The lowest BCUT2D eigenvalue weighted by Gasteiger charge is -2.13. The molecule has 0 heterocycles. The molecule has 4 nitrogen and oxygen atoms in total. The highest BCUT2D eigenvalue weighted by atomic mass is 32.2. The second-order valence-electron chi connectivity index (χ2n) is 3.95. The maximum Gasteiger partial charge on any atom is 0.150 e. The van der Waals surface area contributed by atoms with Crippen molar-refractivity contribution in [1.29, 1.82) is 0 Å². The highest BCUT2D eigenvalue weighted by Gasteiger charge is 2.10. The van der Waals surface area contributed by atoms with Crippen molar-refractivity contribution in [3.8, 4) is 5.75 Å². The summed E-state index contributed by atoms with van der Waals surface area (Å²) >= 11 is 0. The minimum absolute atomic E-state index is 0.0319. The van der Waals surface area contributed by atoms with E-state index < -0.39 is 15.7 Å². The van der Waals surface area contributed by atoms with Gasteiger partial charge in [-0.05, 0) is 25.1 Å². The third-order valence-corrected chi connectivity index (χ3v) is 3.08. The second-order valence-corrected chi connectivity index (χ2v) is 6.21. The van der Waals surface area contributed by atoms with Crippen LogP contribution in [0.25, 0.3) is 0 Å². The van der Waals surface area contributed by atoms with E-state index in [-0.39, 0.29) is 18.4 Å². The summed E-state index contributed by atoms with van der Waals surface area (Å²) in [5.41, 5.74) is 6.20. The zero-order valence-corrected chi connectivity index (χ0v) is 10.6. The van der Waals surface area contributed by atoms with E-state index >= 15 is 0 Å². The number of hydrogen-bond donors (Lipinski definition) is 1. The van der Waals surface area contributed by atoms with Crippen LogP contribution in [0.3, 0.4) is 0 Å². The molecule has 1 rings (SSSR count). The summed E-state index contributed by atoms with van der Waals surface area (Å²) < 4.78 is 40.2. The Labute approximate surface area is 101 Å². The smallest absolute Gasteiger partial charge is 0.150 e. The molecule has 96 valence electrons. The molecule has 2 N–H and O–H groups in total. The highest BCUT2D eigenvalue weighted by molar-refractivity contribution is 7.90. The zero-order chi connectivity index (χ0) is 13.1. The summed E-state index contributed by atoms with van der Waals surface area (Å²) in [7, 11) is -3.07. The predicted molar refractivity (Wildman–Crippen MR) is 64.2 cm³/mol. The van der Waals surface area contributed by atoms with Crippen molar-refractivity contribution in [3.63, 3.8) is 0 Å². The third-order valence-electron chi connectivity index (χ3n) is 2.17. The maximum absolute atomic E-state index is 13.0. The van der Waals surface area contributed by atoms with Crippen LogP contribution in [0.2, 0.25) is 0 Å². The van der Waals surface area contributed by atoms with Crippen molar-refractivity contribution in [2.24, 2.45) is 5.73 Å². The minimum atomic E-state index is -3.07. The van der Waals surface area contributed by atoms with E-state index in [9.17, 15) is 12.8 Å². The summed E-state index contributed by atoms with van der Waals surface area (Å²) in [6.07, 6.45) is 1.13. The van der Waals surface area contributed by atoms with Crippen molar-refractivity contribution in [3.05, 3.63) is 29.6 Å². The lowest BCUT2D eigenvalue weighted by Crippen LogP contribution is -2.14. The van der Waals surface area contributed by atoms with Crippen LogP contribution in [0, 0.1) is 5.82 Å².